The van der Waals surface area contributed by atoms with Crippen LogP contribution in [0.15, 0.2) is 54.6 Å². The summed E-state index contributed by atoms with van der Waals surface area (Å²) in [6, 6.07) is 18.0. The Bertz CT molecular complexity index is 531. The summed E-state index contributed by atoms with van der Waals surface area (Å²) in [7, 11) is 0. The van der Waals surface area contributed by atoms with Gasteiger partial charge in [-0.1, -0.05) is 83.9 Å². The summed E-state index contributed by atoms with van der Waals surface area (Å²) < 4.78 is 0. The van der Waals surface area contributed by atoms with Gasteiger partial charge >= 0.3 is 0 Å². The third-order valence-electron chi connectivity index (χ3n) is 3.10. The Labute approximate surface area is 122 Å². The van der Waals surface area contributed by atoms with E-state index in [0.717, 1.165) is 24.0 Å². The van der Waals surface area contributed by atoms with Gasteiger partial charge in [-0.2, -0.15) is 0 Å². The van der Waals surface area contributed by atoms with Crippen LogP contribution in [-0.4, -0.2) is 10.6 Å². The molecule has 19 heavy (non-hydrogen) atoms. The summed E-state index contributed by atoms with van der Waals surface area (Å²) in [4.78, 5) is 12.1. The van der Waals surface area contributed by atoms with Crippen LogP contribution in [0.3, 0.4) is 0 Å². The molecule has 0 bridgehead atoms. The van der Waals surface area contributed by atoms with Gasteiger partial charge in [0.15, 0.2) is 5.78 Å². The molecule has 2 aromatic carbocycles. The van der Waals surface area contributed by atoms with E-state index in [1.807, 2.05) is 42.5 Å². The molecule has 0 spiro atoms. The molecule has 1 atom stereocenters. The first-order chi connectivity index (χ1) is 9.22. The maximum atomic E-state index is 12.1. The molecule has 0 aliphatic carbocycles. The number of carbonyl (C=O) groups excluding carboxylic acids is 1. The molecule has 0 saturated carbocycles. The van der Waals surface area contributed by atoms with E-state index >= 15 is 0 Å². The quantitative estimate of drug-likeness (QED) is 0.554. The number of hydrogen-bond donors (Lipinski definition) is 0. The monoisotopic (exact) mass is 316 g/mol. The summed E-state index contributed by atoms with van der Waals surface area (Å²) >= 11 is 3.45. The zero-order chi connectivity index (χ0) is 13.7. The average molecular weight is 317 g/mol. The lowest BCUT2D eigenvalue weighted by atomic mass is 10.0. The van der Waals surface area contributed by atoms with Gasteiger partial charge in [0, 0.05) is 5.56 Å². The molecule has 1 unspecified atom stereocenters. The van der Waals surface area contributed by atoms with E-state index in [4.69, 9.17) is 0 Å². The van der Waals surface area contributed by atoms with E-state index in [0.29, 0.717) is 0 Å². The number of alkyl halides is 1. The minimum Gasteiger partial charge on any atom is -0.293 e. The fourth-order valence-electron chi connectivity index (χ4n) is 2.02. The second kappa shape index (κ2) is 6.67. The smallest absolute Gasteiger partial charge is 0.176 e. The van der Waals surface area contributed by atoms with Gasteiger partial charge in [-0.3, -0.25) is 4.79 Å². The predicted octanol–water partition coefficient (Wildman–Crippen LogP) is 5.10. The number of hydrogen-bond acceptors (Lipinski definition) is 1. The molecule has 0 aromatic heterocycles. The summed E-state index contributed by atoms with van der Waals surface area (Å²) in [5.74, 6) is 0.168. The normalized spacial score (nSPS) is 12.1. The Balaban J connectivity index is 2.17. The van der Waals surface area contributed by atoms with Crippen molar-refractivity contribution in [3.63, 3.8) is 0 Å². The largest absolute Gasteiger partial charge is 0.293 e. The van der Waals surface area contributed by atoms with Gasteiger partial charge in [0.25, 0.3) is 0 Å². The van der Waals surface area contributed by atoms with Crippen LogP contribution in [0.1, 0.15) is 30.1 Å². The highest BCUT2D eigenvalue weighted by atomic mass is 79.9. The summed E-state index contributed by atoms with van der Waals surface area (Å²) in [5.41, 5.74) is 3.08. The third kappa shape index (κ3) is 3.54. The van der Waals surface area contributed by atoms with Gasteiger partial charge in [0.05, 0.1) is 4.83 Å². The van der Waals surface area contributed by atoms with Gasteiger partial charge in [-0.05, 0) is 17.5 Å². The fourth-order valence-corrected chi connectivity index (χ4v) is 2.75. The highest BCUT2D eigenvalue weighted by Crippen LogP contribution is 2.21. The number of Topliss-reactive ketones (excluding diaryl/α,β-unsaturated/α-hetero) is 1. The van der Waals surface area contributed by atoms with Crippen LogP contribution in [0, 0.1) is 0 Å². The van der Waals surface area contributed by atoms with Crippen molar-refractivity contribution in [2.75, 3.05) is 0 Å². The molecule has 2 rings (SSSR count). The highest BCUT2D eigenvalue weighted by molar-refractivity contribution is 9.10. The van der Waals surface area contributed by atoms with Gasteiger partial charge in [-0.15, -0.1) is 0 Å². The van der Waals surface area contributed by atoms with Crippen molar-refractivity contribution in [2.24, 2.45) is 0 Å². The predicted molar refractivity (Wildman–Crippen MR) is 83.8 cm³/mol. The number of carbonyl (C=O) groups is 1. The second-order valence-electron chi connectivity index (χ2n) is 4.56. The molecule has 0 amide bonds. The summed E-state index contributed by atoms with van der Waals surface area (Å²) in [5, 5.41) is 0. The van der Waals surface area contributed by atoms with Crippen molar-refractivity contribution in [3.8, 4) is 11.1 Å². The fraction of sp³-hybridized carbons (Fsp3) is 0.235. The Morgan fingerprint density at radius 2 is 1.58 bits per heavy atom. The van der Waals surface area contributed by atoms with Gasteiger partial charge in [0.2, 0.25) is 0 Å². The van der Waals surface area contributed by atoms with Crippen molar-refractivity contribution in [1.29, 1.82) is 0 Å². The Hall–Kier alpha value is -1.41. The first kappa shape index (κ1) is 14.0. The number of benzene rings is 2. The SMILES string of the molecule is CCCC(Br)C(=O)c1ccc(-c2ccccc2)cc1. The lowest BCUT2D eigenvalue weighted by Gasteiger charge is -2.08. The van der Waals surface area contributed by atoms with Crippen molar-refractivity contribution in [2.45, 2.75) is 24.6 Å². The van der Waals surface area contributed by atoms with E-state index in [-0.39, 0.29) is 10.6 Å². The molecule has 0 aliphatic heterocycles. The molecule has 1 nitrogen and oxygen atoms in total. The maximum absolute atomic E-state index is 12.1. The Kier molecular flexibility index (Phi) is 4.92. The lowest BCUT2D eigenvalue weighted by molar-refractivity contribution is 0.0988. The van der Waals surface area contributed by atoms with Gasteiger partial charge in [-0.25, -0.2) is 0 Å². The van der Waals surface area contributed by atoms with Crippen LogP contribution in [0.25, 0.3) is 11.1 Å². The number of rotatable bonds is 5. The lowest BCUT2D eigenvalue weighted by Crippen LogP contribution is -2.13. The van der Waals surface area contributed by atoms with Crippen LogP contribution in [0.2, 0.25) is 0 Å². The second-order valence-corrected chi connectivity index (χ2v) is 5.67. The topological polar surface area (TPSA) is 17.1 Å². The third-order valence-corrected chi connectivity index (χ3v) is 3.98. The molecule has 2 aromatic rings. The Morgan fingerprint density at radius 3 is 2.16 bits per heavy atom. The van der Waals surface area contributed by atoms with Gasteiger partial charge in [0.1, 0.15) is 0 Å². The highest BCUT2D eigenvalue weighted by Gasteiger charge is 2.15. The van der Waals surface area contributed by atoms with Crippen LogP contribution >= 0.6 is 15.9 Å². The first-order valence-electron chi connectivity index (χ1n) is 6.56. The van der Waals surface area contributed by atoms with Crippen molar-refractivity contribution >= 4 is 21.7 Å². The van der Waals surface area contributed by atoms with E-state index in [1.54, 1.807) is 0 Å². The number of halogens is 1. The zero-order valence-electron chi connectivity index (χ0n) is 11.0. The van der Waals surface area contributed by atoms with Crippen LogP contribution < -0.4 is 0 Å². The molecular formula is C17H17BrO. The Morgan fingerprint density at radius 1 is 1.00 bits per heavy atom. The molecule has 0 fully saturated rings. The molecular weight excluding hydrogens is 300 g/mol. The van der Waals surface area contributed by atoms with E-state index in [2.05, 4.69) is 35.0 Å². The summed E-state index contributed by atoms with van der Waals surface area (Å²) in [6.07, 6.45) is 1.88. The van der Waals surface area contributed by atoms with Crippen molar-refractivity contribution < 1.29 is 4.79 Å². The molecule has 0 N–H and O–H groups in total. The average Bonchev–Trinajstić information content (AvgIpc) is 2.48. The minimum atomic E-state index is -0.0694. The molecule has 0 radical (unpaired) electrons. The zero-order valence-corrected chi connectivity index (χ0v) is 12.6. The van der Waals surface area contributed by atoms with E-state index in [1.165, 1.54) is 5.56 Å². The van der Waals surface area contributed by atoms with Crippen LogP contribution in [-0.2, 0) is 0 Å². The standard InChI is InChI=1S/C17H17BrO/c1-2-6-16(18)17(19)15-11-9-14(10-12-15)13-7-4-3-5-8-13/h3-5,7-12,16H,2,6H2,1H3. The van der Waals surface area contributed by atoms with Gasteiger partial charge < -0.3 is 0 Å². The molecule has 98 valence electrons. The van der Waals surface area contributed by atoms with Crippen molar-refractivity contribution in [1.82, 2.24) is 0 Å². The summed E-state index contributed by atoms with van der Waals surface area (Å²) in [6.45, 7) is 2.08. The van der Waals surface area contributed by atoms with Crippen molar-refractivity contribution in [3.05, 3.63) is 60.2 Å². The molecule has 2 heteroatoms. The first-order valence-corrected chi connectivity index (χ1v) is 7.47. The van der Waals surface area contributed by atoms with E-state index < -0.39 is 0 Å². The van der Waals surface area contributed by atoms with Crippen LogP contribution in [0.4, 0.5) is 0 Å². The minimum absolute atomic E-state index is 0.0694. The molecule has 0 heterocycles. The molecule has 0 saturated heterocycles. The van der Waals surface area contributed by atoms with E-state index in [9.17, 15) is 4.79 Å². The molecule has 0 aliphatic rings. The number of ketones is 1. The maximum Gasteiger partial charge on any atom is 0.176 e. The van der Waals surface area contributed by atoms with Crippen LogP contribution in [0.5, 0.6) is 0 Å².